The number of phenolic OH excluding ortho intramolecular Hbond substituents is 1. The number of aliphatic hydroxyl groups excluding tert-OH is 1. The van der Waals surface area contributed by atoms with Crippen LogP contribution in [0.3, 0.4) is 0 Å². The third kappa shape index (κ3) is 4.68. The first-order valence-electron chi connectivity index (χ1n) is 6.34. The van der Waals surface area contributed by atoms with Gasteiger partial charge in [0.25, 0.3) is 0 Å². The molecule has 0 aliphatic heterocycles. The maximum Gasteiger partial charge on any atom is 1.00 e. The van der Waals surface area contributed by atoms with Crippen LogP contribution in [0.5, 0.6) is 5.75 Å². The van der Waals surface area contributed by atoms with Crippen molar-refractivity contribution in [1.29, 1.82) is 0 Å². The molecule has 0 fully saturated rings. The molecule has 0 aliphatic carbocycles. The fourth-order valence-corrected chi connectivity index (χ4v) is 1.86. The molecule has 0 amide bonds. The van der Waals surface area contributed by atoms with Crippen molar-refractivity contribution in [3.8, 4) is 5.75 Å². The number of aliphatic hydroxyl groups is 1. The number of carbonyl (C=O) groups excluding carboxylic acids is 1. The number of aliphatic imine (C=N–C) groups is 1. The van der Waals surface area contributed by atoms with Gasteiger partial charge in [-0.25, -0.2) is 0 Å². The number of aromatic hydroxyl groups is 1. The summed E-state index contributed by atoms with van der Waals surface area (Å²) in [6.07, 6.45) is -0.111. The Morgan fingerprint density at radius 1 is 1.09 bits per heavy atom. The predicted octanol–water partition coefficient (Wildman–Crippen LogP) is -2.33. The summed E-state index contributed by atoms with van der Waals surface area (Å²) in [6, 6.07) is 13.3. The predicted molar refractivity (Wildman–Crippen MR) is 75.9 cm³/mol. The summed E-state index contributed by atoms with van der Waals surface area (Å²) < 4.78 is 0. The Morgan fingerprint density at radius 2 is 1.68 bits per heavy atom. The van der Waals surface area contributed by atoms with Crippen molar-refractivity contribution < 1.29 is 49.7 Å². The number of nitrogens with zero attached hydrogens (tertiary/aromatic N) is 1. The molecule has 2 rings (SSSR count). The minimum absolute atomic E-state index is 0. The minimum atomic E-state index is -1.49. The monoisotopic (exact) mass is 307 g/mol. The Bertz CT molecular complexity index is 646. The minimum Gasteiger partial charge on any atom is -0.548 e. The van der Waals surface area contributed by atoms with E-state index in [2.05, 4.69) is 4.99 Å². The second-order valence-electron chi connectivity index (χ2n) is 4.46. The van der Waals surface area contributed by atoms with Gasteiger partial charge in [0.05, 0.1) is 5.97 Å². The van der Waals surface area contributed by atoms with E-state index in [0.717, 1.165) is 0 Å². The molecule has 108 valence electrons. The normalized spacial score (nSPS) is 13.3. The van der Waals surface area contributed by atoms with Gasteiger partial charge in [-0.1, -0.05) is 42.5 Å². The number of benzene rings is 2. The third-order valence-corrected chi connectivity index (χ3v) is 2.99. The number of hydrogen-bond donors (Lipinski definition) is 2. The molecule has 2 atom stereocenters. The zero-order valence-corrected chi connectivity index (χ0v) is 14.1. The van der Waals surface area contributed by atoms with E-state index in [0.29, 0.717) is 11.1 Å². The van der Waals surface area contributed by atoms with Gasteiger partial charge in [-0.3, -0.25) is 4.99 Å². The maximum absolute atomic E-state index is 11.2. The molecular formula is C16H14NNaO4. The Hall–Kier alpha value is -1.66. The molecule has 2 unspecified atom stereocenters. The first-order chi connectivity index (χ1) is 10.1. The second-order valence-corrected chi connectivity index (χ2v) is 4.46. The number of rotatable bonds is 5. The van der Waals surface area contributed by atoms with Crippen molar-refractivity contribution in [2.75, 3.05) is 0 Å². The molecule has 0 spiro atoms. The molecule has 0 aliphatic rings. The van der Waals surface area contributed by atoms with Crippen LogP contribution in [0.1, 0.15) is 17.2 Å². The Balaban J connectivity index is 0.00000242. The van der Waals surface area contributed by atoms with Crippen molar-refractivity contribution in [1.82, 2.24) is 0 Å². The molecule has 5 nitrogen and oxygen atoms in total. The fraction of sp³-hybridized carbons (Fsp3) is 0.125. The summed E-state index contributed by atoms with van der Waals surface area (Å²) in [4.78, 5) is 15.0. The average molecular weight is 307 g/mol. The van der Waals surface area contributed by atoms with Gasteiger partial charge < -0.3 is 20.1 Å². The summed E-state index contributed by atoms with van der Waals surface area (Å²) in [7, 11) is 0. The number of phenols is 1. The van der Waals surface area contributed by atoms with E-state index in [1.165, 1.54) is 12.3 Å². The Labute approximate surface area is 150 Å². The van der Waals surface area contributed by atoms with Gasteiger partial charge in [0.15, 0.2) is 0 Å². The van der Waals surface area contributed by atoms with Crippen LogP contribution < -0.4 is 34.7 Å². The van der Waals surface area contributed by atoms with Gasteiger partial charge >= 0.3 is 29.6 Å². The number of aliphatic carboxylic acids is 1. The van der Waals surface area contributed by atoms with Gasteiger partial charge in [0.1, 0.15) is 17.9 Å². The molecule has 2 N–H and O–H groups in total. The second kappa shape index (κ2) is 8.70. The molecule has 0 radical (unpaired) electrons. The van der Waals surface area contributed by atoms with Crippen LogP contribution in [0.25, 0.3) is 0 Å². The van der Waals surface area contributed by atoms with Crippen molar-refractivity contribution >= 4 is 12.2 Å². The van der Waals surface area contributed by atoms with E-state index >= 15 is 0 Å². The maximum atomic E-state index is 11.2. The van der Waals surface area contributed by atoms with E-state index < -0.39 is 18.1 Å². The van der Waals surface area contributed by atoms with E-state index in [9.17, 15) is 20.1 Å². The number of para-hydroxylation sites is 1. The van der Waals surface area contributed by atoms with Crippen LogP contribution in [-0.4, -0.2) is 28.4 Å². The molecule has 22 heavy (non-hydrogen) atoms. The molecule has 0 aromatic heterocycles. The SMILES string of the molecule is O=C([O-])C(N=Cc1ccccc1O)C(O)c1ccccc1.[Na+]. The smallest absolute Gasteiger partial charge is 0.548 e. The standard InChI is InChI=1S/C16H15NO4.Na/c18-13-9-5-4-8-12(13)10-17-14(16(20)21)15(19)11-6-2-1-3-7-11;/h1-10,14-15,18-19H,(H,20,21);/q;+1/p-1. The number of carboxylic acid groups (broad SMARTS) is 1. The quantitative estimate of drug-likeness (QED) is 0.478. The van der Waals surface area contributed by atoms with Crippen LogP contribution in [0, 0.1) is 0 Å². The largest absolute Gasteiger partial charge is 1.00 e. The molecule has 0 saturated carbocycles. The number of carboxylic acids is 1. The van der Waals surface area contributed by atoms with Gasteiger partial charge in [-0.2, -0.15) is 0 Å². The molecule has 0 bridgehead atoms. The first-order valence-corrected chi connectivity index (χ1v) is 6.34. The molecule has 0 heterocycles. The first kappa shape index (κ1) is 18.4. The molecule has 2 aromatic rings. The Morgan fingerprint density at radius 3 is 2.27 bits per heavy atom. The van der Waals surface area contributed by atoms with Gasteiger partial charge in [0, 0.05) is 11.8 Å². The van der Waals surface area contributed by atoms with Crippen molar-refractivity contribution in [3.05, 3.63) is 65.7 Å². The summed E-state index contributed by atoms with van der Waals surface area (Å²) in [6.45, 7) is 0. The number of carbonyl (C=O) groups is 1. The van der Waals surface area contributed by atoms with Gasteiger partial charge in [-0.05, 0) is 17.7 Å². The topological polar surface area (TPSA) is 93.0 Å². The Kier molecular flexibility index (Phi) is 7.27. The van der Waals surface area contributed by atoms with Crippen LogP contribution in [0.4, 0.5) is 0 Å². The van der Waals surface area contributed by atoms with Crippen LogP contribution in [-0.2, 0) is 4.79 Å². The molecular weight excluding hydrogens is 293 g/mol. The van der Waals surface area contributed by atoms with E-state index in [1.54, 1.807) is 48.5 Å². The van der Waals surface area contributed by atoms with E-state index in [4.69, 9.17) is 0 Å². The third-order valence-electron chi connectivity index (χ3n) is 2.99. The average Bonchev–Trinajstić information content (AvgIpc) is 2.49. The zero-order chi connectivity index (χ0) is 15.2. The van der Waals surface area contributed by atoms with Crippen molar-refractivity contribution in [2.24, 2.45) is 4.99 Å². The molecule has 6 heteroatoms. The van der Waals surface area contributed by atoms with Crippen molar-refractivity contribution in [2.45, 2.75) is 12.1 Å². The summed E-state index contributed by atoms with van der Waals surface area (Å²) in [5.41, 5.74) is 0.796. The van der Waals surface area contributed by atoms with Crippen LogP contribution in [0.2, 0.25) is 0 Å². The van der Waals surface area contributed by atoms with E-state index in [-0.39, 0.29) is 35.3 Å². The molecule has 0 saturated heterocycles. The van der Waals surface area contributed by atoms with Crippen LogP contribution in [0.15, 0.2) is 59.6 Å². The van der Waals surface area contributed by atoms with Crippen molar-refractivity contribution in [3.63, 3.8) is 0 Å². The zero-order valence-electron chi connectivity index (χ0n) is 12.1. The fourth-order valence-electron chi connectivity index (χ4n) is 1.86. The summed E-state index contributed by atoms with van der Waals surface area (Å²) in [5, 5.41) is 30.9. The molecule has 2 aromatic carbocycles. The van der Waals surface area contributed by atoms with Gasteiger partial charge in [-0.15, -0.1) is 0 Å². The van der Waals surface area contributed by atoms with E-state index in [1.807, 2.05) is 0 Å². The summed E-state index contributed by atoms with van der Waals surface area (Å²) >= 11 is 0. The number of hydrogen-bond acceptors (Lipinski definition) is 5. The van der Waals surface area contributed by atoms with Gasteiger partial charge in [0.2, 0.25) is 0 Å². The van der Waals surface area contributed by atoms with Crippen LogP contribution >= 0.6 is 0 Å². The summed E-state index contributed by atoms with van der Waals surface area (Å²) in [5.74, 6) is -1.51.